The van der Waals surface area contributed by atoms with Crippen LogP contribution in [0.4, 0.5) is 4.79 Å². The fourth-order valence-electron chi connectivity index (χ4n) is 4.92. The number of hydrazine groups is 1. The fourth-order valence-corrected chi connectivity index (χ4v) is 4.92. The minimum absolute atomic E-state index is 0.0161. The molecule has 3 rings (SSSR count). The zero-order valence-corrected chi connectivity index (χ0v) is 21.3. The van der Waals surface area contributed by atoms with Crippen LogP contribution in [0.3, 0.4) is 0 Å². The number of nitrogens with one attached hydrogen (secondary N) is 1. The molecule has 0 aliphatic carbocycles. The first-order valence-electron chi connectivity index (χ1n) is 12.3. The van der Waals surface area contributed by atoms with Crippen LogP contribution in [0.2, 0.25) is 0 Å². The number of carbonyl (C=O) groups excluding carboxylic acids is 3. The number of benzene rings is 1. The monoisotopic (exact) mass is 489 g/mol. The predicted octanol–water partition coefficient (Wildman–Crippen LogP) is 2.12. The van der Waals surface area contributed by atoms with E-state index in [1.807, 2.05) is 31.0 Å². The SMILES string of the molecule is COc1ccc(CN2CC(CC(N)=O)N(C(=O)NN3CCCCC3)C(CC(C)C)C2=O)cc1OC. The number of primary amides is 1. The first-order valence-corrected chi connectivity index (χ1v) is 12.3. The number of methoxy groups -OCH3 is 2. The molecule has 2 atom stereocenters. The first kappa shape index (κ1) is 26.6. The van der Waals surface area contributed by atoms with Crippen molar-refractivity contribution in [1.82, 2.24) is 20.2 Å². The summed E-state index contributed by atoms with van der Waals surface area (Å²) in [5.41, 5.74) is 9.42. The Kier molecular flexibility index (Phi) is 9.20. The van der Waals surface area contributed by atoms with Crippen molar-refractivity contribution in [3.05, 3.63) is 23.8 Å². The van der Waals surface area contributed by atoms with Gasteiger partial charge in [0.15, 0.2) is 11.5 Å². The maximum Gasteiger partial charge on any atom is 0.332 e. The van der Waals surface area contributed by atoms with Crippen molar-refractivity contribution in [3.8, 4) is 11.5 Å². The van der Waals surface area contributed by atoms with Gasteiger partial charge in [0.2, 0.25) is 11.8 Å². The molecule has 1 aromatic rings. The van der Waals surface area contributed by atoms with E-state index in [9.17, 15) is 14.4 Å². The molecule has 10 heteroatoms. The molecule has 2 aliphatic rings. The minimum Gasteiger partial charge on any atom is -0.493 e. The number of carbonyl (C=O) groups is 3. The average Bonchev–Trinajstić information content (AvgIpc) is 2.81. The first-order chi connectivity index (χ1) is 16.7. The molecule has 0 bridgehead atoms. The van der Waals surface area contributed by atoms with Gasteiger partial charge >= 0.3 is 6.03 Å². The normalized spacial score (nSPS) is 21.2. The smallest absolute Gasteiger partial charge is 0.332 e. The van der Waals surface area contributed by atoms with E-state index < -0.39 is 18.0 Å². The van der Waals surface area contributed by atoms with Crippen molar-refractivity contribution < 1.29 is 23.9 Å². The van der Waals surface area contributed by atoms with E-state index in [-0.39, 0.29) is 30.8 Å². The van der Waals surface area contributed by atoms with Crippen molar-refractivity contribution in [2.75, 3.05) is 33.9 Å². The van der Waals surface area contributed by atoms with Gasteiger partial charge in [0.25, 0.3) is 0 Å². The molecule has 0 saturated carbocycles. The van der Waals surface area contributed by atoms with Crippen molar-refractivity contribution >= 4 is 17.8 Å². The summed E-state index contributed by atoms with van der Waals surface area (Å²) in [7, 11) is 3.13. The van der Waals surface area contributed by atoms with Gasteiger partial charge < -0.3 is 25.0 Å². The highest BCUT2D eigenvalue weighted by molar-refractivity contribution is 5.89. The van der Waals surface area contributed by atoms with Gasteiger partial charge in [0, 0.05) is 32.6 Å². The number of urea groups is 1. The van der Waals surface area contributed by atoms with E-state index in [1.165, 1.54) is 0 Å². The molecule has 2 saturated heterocycles. The van der Waals surface area contributed by atoms with Gasteiger partial charge in [-0.3, -0.25) is 15.0 Å². The van der Waals surface area contributed by atoms with E-state index in [0.717, 1.165) is 37.9 Å². The third kappa shape index (κ3) is 6.78. The van der Waals surface area contributed by atoms with E-state index in [2.05, 4.69) is 5.43 Å². The Morgan fingerprint density at radius 2 is 1.80 bits per heavy atom. The highest BCUT2D eigenvalue weighted by Crippen LogP contribution is 2.30. The lowest BCUT2D eigenvalue weighted by Crippen LogP contribution is -2.67. The number of nitrogens with two attached hydrogens (primary N) is 1. The Hall–Kier alpha value is -3.01. The molecule has 35 heavy (non-hydrogen) atoms. The fraction of sp³-hybridized carbons (Fsp3) is 0.640. The topological polar surface area (TPSA) is 117 Å². The number of ether oxygens (including phenoxy) is 2. The summed E-state index contributed by atoms with van der Waals surface area (Å²) in [6.45, 7) is 6.13. The lowest BCUT2D eigenvalue weighted by Gasteiger charge is -2.47. The highest BCUT2D eigenvalue weighted by Gasteiger charge is 2.44. The van der Waals surface area contributed by atoms with Gasteiger partial charge in [-0.25, -0.2) is 9.80 Å². The molecule has 194 valence electrons. The molecule has 2 aliphatic heterocycles. The molecule has 1 aromatic carbocycles. The van der Waals surface area contributed by atoms with Crippen LogP contribution < -0.4 is 20.6 Å². The summed E-state index contributed by atoms with van der Waals surface area (Å²) in [6.07, 6.45) is 3.64. The average molecular weight is 490 g/mol. The number of nitrogens with zero attached hydrogens (tertiary/aromatic N) is 3. The Morgan fingerprint density at radius 1 is 1.11 bits per heavy atom. The minimum atomic E-state index is -0.682. The van der Waals surface area contributed by atoms with Gasteiger partial charge in [0.05, 0.1) is 20.3 Å². The second-order valence-electron chi connectivity index (χ2n) is 9.75. The number of hydrogen-bond acceptors (Lipinski definition) is 6. The number of piperazine rings is 1. The molecule has 0 aromatic heterocycles. The van der Waals surface area contributed by atoms with E-state index >= 15 is 0 Å². The van der Waals surface area contributed by atoms with Crippen molar-refractivity contribution in [2.45, 2.75) is 64.6 Å². The molecule has 2 unspecified atom stereocenters. The molecule has 2 heterocycles. The largest absolute Gasteiger partial charge is 0.493 e. The summed E-state index contributed by atoms with van der Waals surface area (Å²) in [5.74, 6) is 0.706. The molecule has 4 amide bonds. The van der Waals surface area contributed by atoms with E-state index in [1.54, 1.807) is 30.1 Å². The second kappa shape index (κ2) is 12.1. The Morgan fingerprint density at radius 3 is 2.40 bits per heavy atom. The number of hydrogen-bond donors (Lipinski definition) is 2. The van der Waals surface area contributed by atoms with Gasteiger partial charge in [-0.05, 0) is 42.9 Å². The molecule has 0 radical (unpaired) electrons. The van der Waals surface area contributed by atoms with Crippen molar-refractivity contribution in [3.63, 3.8) is 0 Å². The maximum absolute atomic E-state index is 13.7. The van der Waals surface area contributed by atoms with Crippen LogP contribution >= 0.6 is 0 Å². The Bertz CT molecular complexity index is 902. The van der Waals surface area contributed by atoms with Gasteiger partial charge in [-0.1, -0.05) is 26.3 Å². The lowest BCUT2D eigenvalue weighted by atomic mass is 9.95. The Labute approximate surface area is 207 Å². The van der Waals surface area contributed by atoms with E-state index in [0.29, 0.717) is 24.5 Å². The van der Waals surface area contributed by atoms with Gasteiger partial charge in [0.1, 0.15) is 6.04 Å². The summed E-state index contributed by atoms with van der Waals surface area (Å²) in [5, 5.41) is 1.90. The van der Waals surface area contributed by atoms with Crippen LogP contribution in [0.1, 0.15) is 51.5 Å². The van der Waals surface area contributed by atoms with Crippen LogP contribution in [0.15, 0.2) is 18.2 Å². The number of piperidine rings is 1. The van der Waals surface area contributed by atoms with Gasteiger partial charge in [-0.2, -0.15) is 0 Å². The quantitative estimate of drug-likeness (QED) is 0.549. The lowest BCUT2D eigenvalue weighted by molar-refractivity contribution is -0.145. The summed E-state index contributed by atoms with van der Waals surface area (Å²) in [6, 6.07) is 3.97. The molecule has 0 spiro atoms. The van der Waals surface area contributed by atoms with Crippen LogP contribution in [0.5, 0.6) is 11.5 Å². The molecule has 3 N–H and O–H groups in total. The molecule has 10 nitrogen and oxygen atoms in total. The van der Waals surface area contributed by atoms with Crippen LogP contribution in [0, 0.1) is 5.92 Å². The van der Waals surface area contributed by atoms with Crippen LogP contribution in [0.25, 0.3) is 0 Å². The van der Waals surface area contributed by atoms with Crippen LogP contribution in [-0.4, -0.2) is 78.6 Å². The number of rotatable bonds is 9. The maximum atomic E-state index is 13.7. The standard InChI is InChI=1S/C25H39N5O5/c1-17(2)12-20-24(32)28(15-18-8-9-21(34-3)22(13-18)35-4)16-19(14-23(26)31)30(20)25(33)27-29-10-6-5-7-11-29/h8-9,13,17,19-20H,5-7,10-12,14-16H2,1-4H3,(H2,26,31)(H,27,33). The number of amides is 4. The van der Waals surface area contributed by atoms with Gasteiger partial charge in [-0.15, -0.1) is 0 Å². The second-order valence-corrected chi connectivity index (χ2v) is 9.75. The molecular weight excluding hydrogens is 450 g/mol. The summed E-state index contributed by atoms with van der Waals surface area (Å²) >= 11 is 0. The van der Waals surface area contributed by atoms with Crippen molar-refractivity contribution in [2.24, 2.45) is 11.7 Å². The Balaban J connectivity index is 1.87. The third-order valence-corrected chi connectivity index (χ3v) is 6.55. The molecular formula is C25H39N5O5. The van der Waals surface area contributed by atoms with E-state index in [4.69, 9.17) is 15.2 Å². The summed E-state index contributed by atoms with van der Waals surface area (Å²) < 4.78 is 10.7. The van der Waals surface area contributed by atoms with Crippen LogP contribution in [-0.2, 0) is 16.1 Å². The third-order valence-electron chi connectivity index (χ3n) is 6.55. The zero-order chi connectivity index (χ0) is 25.5. The predicted molar refractivity (Wildman–Crippen MR) is 132 cm³/mol. The highest BCUT2D eigenvalue weighted by atomic mass is 16.5. The molecule has 2 fully saturated rings. The van der Waals surface area contributed by atoms with Crippen molar-refractivity contribution in [1.29, 1.82) is 0 Å². The summed E-state index contributed by atoms with van der Waals surface area (Å²) in [4.78, 5) is 42.4. The zero-order valence-electron chi connectivity index (χ0n) is 21.3.